The molecule has 35 heavy (non-hydrogen) atoms. The SMILES string of the molecule is CCCCC(NC(=O)OCC1c2ccccc2-c2ccccc21)C(=O)NC(CCC(C)C)C(=O)O. The van der Waals surface area contributed by atoms with Crippen molar-refractivity contribution >= 4 is 18.0 Å². The van der Waals surface area contributed by atoms with Crippen molar-refractivity contribution in [2.45, 2.75) is 70.9 Å². The van der Waals surface area contributed by atoms with Crippen LogP contribution in [-0.2, 0) is 14.3 Å². The Balaban J connectivity index is 1.63. The third-order valence-electron chi connectivity index (χ3n) is 6.45. The van der Waals surface area contributed by atoms with Crippen molar-refractivity contribution in [1.82, 2.24) is 10.6 Å². The molecule has 2 aromatic rings. The van der Waals surface area contributed by atoms with E-state index in [1.165, 1.54) is 0 Å². The molecule has 0 radical (unpaired) electrons. The highest BCUT2D eigenvalue weighted by atomic mass is 16.5. The van der Waals surface area contributed by atoms with E-state index in [2.05, 4.69) is 22.8 Å². The lowest BCUT2D eigenvalue weighted by atomic mass is 9.98. The van der Waals surface area contributed by atoms with Crippen LogP contribution in [0.25, 0.3) is 11.1 Å². The highest BCUT2D eigenvalue weighted by Gasteiger charge is 2.30. The summed E-state index contributed by atoms with van der Waals surface area (Å²) in [6, 6.07) is 14.3. The van der Waals surface area contributed by atoms with Gasteiger partial charge in [0.25, 0.3) is 0 Å². The molecule has 2 unspecified atom stereocenters. The lowest BCUT2D eigenvalue weighted by Gasteiger charge is -2.22. The first kappa shape index (κ1) is 26.3. The molecule has 0 saturated carbocycles. The van der Waals surface area contributed by atoms with Crippen molar-refractivity contribution in [1.29, 1.82) is 0 Å². The largest absolute Gasteiger partial charge is 0.480 e. The molecule has 0 spiro atoms. The molecule has 0 bridgehead atoms. The van der Waals surface area contributed by atoms with Crippen LogP contribution in [0.2, 0.25) is 0 Å². The van der Waals surface area contributed by atoms with E-state index in [4.69, 9.17) is 4.74 Å². The first-order valence-electron chi connectivity index (χ1n) is 12.5. The van der Waals surface area contributed by atoms with Gasteiger partial charge in [-0.2, -0.15) is 0 Å². The first-order chi connectivity index (χ1) is 16.8. The average molecular weight is 481 g/mol. The zero-order chi connectivity index (χ0) is 25.4. The molecule has 0 aliphatic heterocycles. The average Bonchev–Trinajstić information content (AvgIpc) is 3.16. The predicted molar refractivity (Wildman–Crippen MR) is 135 cm³/mol. The number of rotatable bonds is 12. The Bertz CT molecular complexity index is 990. The molecular formula is C28H36N2O5. The van der Waals surface area contributed by atoms with E-state index in [-0.39, 0.29) is 12.5 Å². The van der Waals surface area contributed by atoms with Crippen LogP contribution in [0, 0.1) is 5.92 Å². The fourth-order valence-electron chi connectivity index (χ4n) is 4.49. The third kappa shape index (κ3) is 6.84. The van der Waals surface area contributed by atoms with Crippen LogP contribution in [0.4, 0.5) is 4.79 Å². The Hall–Kier alpha value is -3.35. The number of hydrogen-bond acceptors (Lipinski definition) is 4. The van der Waals surface area contributed by atoms with Crippen LogP contribution in [0.3, 0.4) is 0 Å². The number of unbranched alkanes of at least 4 members (excludes halogenated alkanes) is 1. The Morgan fingerprint density at radius 2 is 1.49 bits per heavy atom. The lowest BCUT2D eigenvalue weighted by molar-refractivity contribution is -0.142. The summed E-state index contributed by atoms with van der Waals surface area (Å²) < 4.78 is 5.59. The second kappa shape index (κ2) is 12.4. The van der Waals surface area contributed by atoms with E-state index in [1.807, 2.05) is 57.2 Å². The lowest BCUT2D eigenvalue weighted by Crippen LogP contribution is -2.51. The number of benzene rings is 2. The maximum Gasteiger partial charge on any atom is 0.407 e. The summed E-state index contributed by atoms with van der Waals surface area (Å²) in [6.07, 6.45) is 2.29. The fourth-order valence-corrected chi connectivity index (χ4v) is 4.49. The number of hydrogen-bond donors (Lipinski definition) is 3. The number of amides is 2. The van der Waals surface area contributed by atoms with Crippen molar-refractivity contribution in [2.24, 2.45) is 5.92 Å². The minimum atomic E-state index is -1.07. The molecule has 0 saturated heterocycles. The van der Waals surface area contributed by atoms with Gasteiger partial charge in [-0.05, 0) is 47.4 Å². The second-order valence-corrected chi connectivity index (χ2v) is 9.54. The van der Waals surface area contributed by atoms with Crippen LogP contribution in [0.1, 0.15) is 69.9 Å². The van der Waals surface area contributed by atoms with Gasteiger partial charge in [0.2, 0.25) is 5.91 Å². The molecule has 0 aromatic heterocycles. The quantitative estimate of drug-likeness (QED) is 0.392. The molecule has 0 fully saturated rings. The van der Waals surface area contributed by atoms with Gasteiger partial charge in [-0.1, -0.05) is 82.1 Å². The number of carboxylic acids is 1. The van der Waals surface area contributed by atoms with E-state index in [0.717, 1.165) is 28.7 Å². The minimum absolute atomic E-state index is 0.0801. The summed E-state index contributed by atoms with van der Waals surface area (Å²) in [7, 11) is 0. The van der Waals surface area contributed by atoms with Gasteiger partial charge in [-0.3, -0.25) is 4.79 Å². The van der Waals surface area contributed by atoms with Crippen LogP contribution in [-0.4, -0.2) is 41.8 Å². The number of carbonyl (C=O) groups excluding carboxylic acids is 2. The van der Waals surface area contributed by atoms with Crippen LogP contribution >= 0.6 is 0 Å². The zero-order valence-corrected chi connectivity index (χ0v) is 20.8. The van der Waals surface area contributed by atoms with Gasteiger partial charge in [0, 0.05) is 5.92 Å². The molecule has 1 aliphatic rings. The van der Waals surface area contributed by atoms with E-state index in [0.29, 0.717) is 31.6 Å². The number of alkyl carbamates (subject to hydrolysis) is 1. The number of nitrogens with one attached hydrogen (secondary N) is 2. The third-order valence-corrected chi connectivity index (χ3v) is 6.45. The topological polar surface area (TPSA) is 105 Å². The van der Waals surface area contributed by atoms with Crippen molar-refractivity contribution in [2.75, 3.05) is 6.61 Å². The number of aliphatic carboxylic acids is 1. The summed E-state index contributed by atoms with van der Waals surface area (Å²) >= 11 is 0. The van der Waals surface area contributed by atoms with Gasteiger partial charge in [-0.15, -0.1) is 0 Å². The smallest absolute Gasteiger partial charge is 0.407 e. The van der Waals surface area contributed by atoms with E-state index >= 15 is 0 Å². The molecule has 1 aliphatic carbocycles. The molecular weight excluding hydrogens is 444 g/mol. The maximum absolute atomic E-state index is 12.9. The molecule has 2 atom stereocenters. The van der Waals surface area contributed by atoms with Gasteiger partial charge < -0.3 is 20.5 Å². The zero-order valence-electron chi connectivity index (χ0n) is 20.8. The Kier molecular flexibility index (Phi) is 9.29. The highest BCUT2D eigenvalue weighted by molar-refractivity contribution is 5.89. The normalized spacial score (nSPS) is 14.1. The molecule has 7 nitrogen and oxygen atoms in total. The Morgan fingerprint density at radius 1 is 0.886 bits per heavy atom. The number of carbonyl (C=O) groups is 3. The molecule has 188 valence electrons. The summed E-state index contributed by atoms with van der Waals surface area (Å²) in [4.78, 5) is 37.2. The van der Waals surface area contributed by atoms with Crippen LogP contribution in [0.5, 0.6) is 0 Å². The van der Waals surface area contributed by atoms with Gasteiger partial charge in [-0.25, -0.2) is 9.59 Å². The summed E-state index contributed by atoms with van der Waals surface area (Å²) in [5.74, 6) is -1.33. The summed E-state index contributed by atoms with van der Waals surface area (Å²) in [5, 5.41) is 14.8. The van der Waals surface area contributed by atoms with Crippen molar-refractivity contribution in [3.63, 3.8) is 0 Å². The number of fused-ring (bicyclic) bond motifs is 3. The predicted octanol–water partition coefficient (Wildman–Crippen LogP) is 5.09. The Morgan fingerprint density at radius 3 is 2.03 bits per heavy atom. The summed E-state index contributed by atoms with van der Waals surface area (Å²) in [6.45, 7) is 6.14. The molecule has 2 aromatic carbocycles. The highest BCUT2D eigenvalue weighted by Crippen LogP contribution is 2.44. The van der Waals surface area contributed by atoms with Crippen molar-refractivity contribution in [3.05, 3.63) is 59.7 Å². The fraction of sp³-hybridized carbons (Fsp3) is 0.464. The van der Waals surface area contributed by atoms with Gasteiger partial charge in [0.05, 0.1) is 0 Å². The summed E-state index contributed by atoms with van der Waals surface area (Å²) in [5.41, 5.74) is 4.49. The van der Waals surface area contributed by atoms with Gasteiger partial charge in [0.15, 0.2) is 0 Å². The molecule has 2 amide bonds. The monoisotopic (exact) mass is 480 g/mol. The van der Waals surface area contributed by atoms with Crippen molar-refractivity contribution in [3.8, 4) is 11.1 Å². The van der Waals surface area contributed by atoms with E-state index < -0.39 is 30.1 Å². The number of ether oxygens (including phenoxy) is 1. The maximum atomic E-state index is 12.9. The standard InChI is InChI=1S/C28H36N2O5/c1-4-5-14-24(26(31)29-25(27(32)33)16-15-18(2)3)30-28(34)35-17-23-21-12-8-6-10-19(21)20-11-7-9-13-22(20)23/h6-13,18,23-25H,4-5,14-17H2,1-3H3,(H,29,31)(H,30,34)(H,32,33). The first-order valence-corrected chi connectivity index (χ1v) is 12.5. The minimum Gasteiger partial charge on any atom is -0.480 e. The van der Waals surface area contributed by atoms with Gasteiger partial charge >= 0.3 is 12.1 Å². The van der Waals surface area contributed by atoms with Crippen LogP contribution in [0.15, 0.2) is 48.5 Å². The molecule has 3 rings (SSSR count). The molecule has 3 N–H and O–H groups in total. The Labute approximate surface area is 207 Å². The van der Waals surface area contributed by atoms with Gasteiger partial charge in [0.1, 0.15) is 18.7 Å². The van der Waals surface area contributed by atoms with E-state index in [9.17, 15) is 19.5 Å². The van der Waals surface area contributed by atoms with Crippen molar-refractivity contribution < 1.29 is 24.2 Å². The van der Waals surface area contributed by atoms with Crippen LogP contribution < -0.4 is 10.6 Å². The molecule has 7 heteroatoms. The molecule has 0 heterocycles. The van der Waals surface area contributed by atoms with E-state index in [1.54, 1.807) is 0 Å². The second-order valence-electron chi connectivity index (χ2n) is 9.54. The number of carboxylic acid groups (broad SMARTS) is 1.